The molecule has 1 aromatic carbocycles. The highest BCUT2D eigenvalue weighted by Crippen LogP contribution is 2.11. The molecule has 108 valence electrons. The van der Waals surface area contributed by atoms with Crippen molar-refractivity contribution in [3.63, 3.8) is 0 Å². The smallest absolute Gasteiger partial charge is 0.326 e. The molecule has 1 rings (SSSR count). The molecule has 0 spiro atoms. The zero-order valence-electron chi connectivity index (χ0n) is 11.0. The molecule has 2 N–H and O–H groups in total. The minimum atomic E-state index is -1.08. The molecule has 1 unspecified atom stereocenters. The van der Waals surface area contributed by atoms with Crippen LogP contribution in [-0.2, 0) is 14.3 Å². The van der Waals surface area contributed by atoms with E-state index in [0.29, 0.717) is 0 Å². The molecule has 5 nitrogen and oxygen atoms in total. The van der Waals surface area contributed by atoms with Crippen LogP contribution in [0.3, 0.4) is 0 Å². The summed E-state index contributed by atoms with van der Waals surface area (Å²) < 4.78 is 5.76. The number of carbonyl (C=O) groups excluding carboxylic acids is 1. The van der Waals surface area contributed by atoms with Crippen molar-refractivity contribution in [3.05, 3.63) is 40.4 Å². The van der Waals surface area contributed by atoms with Crippen LogP contribution >= 0.6 is 15.9 Å². The van der Waals surface area contributed by atoms with Gasteiger partial charge in [-0.25, -0.2) is 4.79 Å². The van der Waals surface area contributed by atoms with Crippen molar-refractivity contribution in [1.82, 2.24) is 5.32 Å². The first-order valence-electron chi connectivity index (χ1n) is 5.99. The van der Waals surface area contributed by atoms with Gasteiger partial charge in [0.1, 0.15) is 6.04 Å². The van der Waals surface area contributed by atoms with E-state index in [2.05, 4.69) is 21.2 Å². The summed E-state index contributed by atoms with van der Waals surface area (Å²) in [6.45, 7) is 0.272. The summed E-state index contributed by atoms with van der Waals surface area (Å²) in [6.07, 6.45) is 3.16. The molecule has 6 heteroatoms. The molecule has 0 heterocycles. The van der Waals surface area contributed by atoms with Crippen LogP contribution in [0.2, 0.25) is 0 Å². The van der Waals surface area contributed by atoms with E-state index in [0.717, 1.165) is 10.0 Å². The molecule has 0 aromatic heterocycles. The van der Waals surface area contributed by atoms with Gasteiger partial charge in [-0.2, -0.15) is 0 Å². The number of hydrogen-bond donors (Lipinski definition) is 2. The Morgan fingerprint density at radius 3 is 2.60 bits per heavy atom. The summed E-state index contributed by atoms with van der Waals surface area (Å²) in [5.41, 5.74) is 0.854. The maximum Gasteiger partial charge on any atom is 0.326 e. The molecule has 1 atom stereocenters. The number of carboxylic acid groups (broad SMARTS) is 1. The predicted molar refractivity (Wildman–Crippen MR) is 79.2 cm³/mol. The Morgan fingerprint density at radius 2 is 2.05 bits per heavy atom. The number of rotatable bonds is 7. The number of halogens is 1. The maximum atomic E-state index is 11.6. The molecule has 20 heavy (non-hydrogen) atoms. The third-order valence-corrected chi connectivity index (χ3v) is 3.05. The van der Waals surface area contributed by atoms with E-state index in [4.69, 9.17) is 9.84 Å². The number of aliphatic carboxylic acids is 1. The number of carbonyl (C=O) groups is 2. The van der Waals surface area contributed by atoms with E-state index in [1.54, 1.807) is 6.08 Å². The normalized spacial score (nSPS) is 12.3. The van der Waals surface area contributed by atoms with Gasteiger partial charge in [0.25, 0.3) is 0 Å². The van der Waals surface area contributed by atoms with E-state index in [1.165, 1.54) is 13.2 Å². The minimum Gasteiger partial charge on any atom is -0.480 e. The zero-order valence-corrected chi connectivity index (χ0v) is 12.6. The zero-order chi connectivity index (χ0) is 15.0. The van der Waals surface area contributed by atoms with Gasteiger partial charge in [0.2, 0.25) is 5.91 Å². The van der Waals surface area contributed by atoms with Gasteiger partial charge >= 0.3 is 5.97 Å². The molecular formula is C14H16BrNO4. The van der Waals surface area contributed by atoms with Crippen LogP contribution in [0.25, 0.3) is 6.08 Å². The van der Waals surface area contributed by atoms with E-state index in [1.807, 2.05) is 24.3 Å². The van der Waals surface area contributed by atoms with Crippen LogP contribution in [0.1, 0.15) is 12.0 Å². The summed E-state index contributed by atoms with van der Waals surface area (Å²) in [4.78, 5) is 22.6. The number of amides is 1. The molecule has 0 aliphatic heterocycles. The molecule has 0 aliphatic carbocycles. The highest BCUT2D eigenvalue weighted by Gasteiger charge is 2.18. The van der Waals surface area contributed by atoms with E-state index >= 15 is 0 Å². The number of benzene rings is 1. The van der Waals surface area contributed by atoms with Crippen LogP contribution in [0.15, 0.2) is 34.8 Å². The van der Waals surface area contributed by atoms with E-state index in [-0.39, 0.29) is 13.0 Å². The number of nitrogens with one attached hydrogen (secondary N) is 1. The maximum absolute atomic E-state index is 11.6. The average molecular weight is 342 g/mol. The number of carboxylic acids is 1. The van der Waals surface area contributed by atoms with Crippen molar-refractivity contribution >= 4 is 33.9 Å². The summed E-state index contributed by atoms with van der Waals surface area (Å²) in [5.74, 6) is -1.52. The fourth-order valence-corrected chi connectivity index (χ4v) is 1.72. The van der Waals surface area contributed by atoms with Crippen molar-refractivity contribution in [2.24, 2.45) is 0 Å². The fourth-order valence-electron chi connectivity index (χ4n) is 1.46. The van der Waals surface area contributed by atoms with Crippen molar-refractivity contribution in [2.45, 2.75) is 12.5 Å². The van der Waals surface area contributed by atoms with Gasteiger partial charge in [-0.3, -0.25) is 4.79 Å². The van der Waals surface area contributed by atoms with Gasteiger partial charge in [0.15, 0.2) is 0 Å². The Balaban J connectivity index is 2.56. The lowest BCUT2D eigenvalue weighted by molar-refractivity contribution is -0.141. The molecule has 0 fully saturated rings. The Hall–Kier alpha value is -1.66. The Bertz CT molecular complexity index is 484. The average Bonchev–Trinajstić information content (AvgIpc) is 2.42. The molecular weight excluding hydrogens is 326 g/mol. The van der Waals surface area contributed by atoms with Gasteiger partial charge in [0, 0.05) is 30.7 Å². The first kappa shape index (κ1) is 16.4. The molecule has 1 aromatic rings. The Labute approximate surface area is 125 Å². The van der Waals surface area contributed by atoms with E-state index in [9.17, 15) is 9.59 Å². The lowest BCUT2D eigenvalue weighted by Gasteiger charge is -2.12. The molecule has 0 aliphatic rings. The summed E-state index contributed by atoms with van der Waals surface area (Å²) in [5, 5.41) is 11.4. The van der Waals surface area contributed by atoms with Gasteiger partial charge in [0.05, 0.1) is 0 Å². The van der Waals surface area contributed by atoms with Crippen molar-refractivity contribution in [2.75, 3.05) is 13.7 Å². The highest BCUT2D eigenvalue weighted by atomic mass is 79.9. The van der Waals surface area contributed by atoms with Crippen LogP contribution in [0.5, 0.6) is 0 Å². The van der Waals surface area contributed by atoms with Gasteiger partial charge in [-0.05, 0) is 23.8 Å². The van der Waals surface area contributed by atoms with Crippen molar-refractivity contribution < 1.29 is 19.4 Å². The molecule has 0 bridgehead atoms. The minimum absolute atomic E-state index is 0.226. The van der Waals surface area contributed by atoms with Gasteiger partial charge in [-0.1, -0.05) is 28.1 Å². The second-order valence-corrected chi connectivity index (χ2v) is 4.98. The topological polar surface area (TPSA) is 75.6 Å². The van der Waals surface area contributed by atoms with Crippen molar-refractivity contribution in [3.8, 4) is 0 Å². The second kappa shape index (κ2) is 8.50. The van der Waals surface area contributed by atoms with Crippen LogP contribution in [0.4, 0.5) is 0 Å². The van der Waals surface area contributed by atoms with Crippen LogP contribution < -0.4 is 5.32 Å². The SMILES string of the molecule is COCCC(NC(=O)C=Cc1ccc(Br)cc1)C(=O)O. The second-order valence-electron chi connectivity index (χ2n) is 4.07. The molecule has 0 saturated carbocycles. The third kappa shape index (κ3) is 5.99. The van der Waals surface area contributed by atoms with E-state index < -0.39 is 17.9 Å². The Morgan fingerprint density at radius 1 is 1.40 bits per heavy atom. The largest absolute Gasteiger partial charge is 0.480 e. The lowest BCUT2D eigenvalue weighted by atomic mass is 10.2. The quantitative estimate of drug-likeness (QED) is 0.744. The monoisotopic (exact) mass is 341 g/mol. The highest BCUT2D eigenvalue weighted by molar-refractivity contribution is 9.10. The van der Waals surface area contributed by atoms with Crippen LogP contribution in [-0.4, -0.2) is 36.7 Å². The lowest BCUT2D eigenvalue weighted by Crippen LogP contribution is -2.40. The first-order valence-corrected chi connectivity index (χ1v) is 6.78. The van der Waals surface area contributed by atoms with Crippen LogP contribution in [0, 0.1) is 0 Å². The number of methoxy groups -OCH3 is 1. The standard InChI is InChI=1S/C14H16BrNO4/c1-20-9-8-12(14(18)19)16-13(17)7-4-10-2-5-11(15)6-3-10/h2-7,12H,8-9H2,1H3,(H,16,17)(H,18,19). The fraction of sp³-hybridized carbons (Fsp3) is 0.286. The van der Waals surface area contributed by atoms with Gasteiger partial charge < -0.3 is 15.2 Å². The molecule has 1 amide bonds. The molecule has 0 saturated heterocycles. The first-order chi connectivity index (χ1) is 9.52. The Kier molecular flexibility index (Phi) is 6.97. The van der Waals surface area contributed by atoms with Gasteiger partial charge in [-0.15, -0.1) is 0 Å². The summed E-state index contributed by atoms with van der Waals surface area (Å²) >= 11 is 3.32. The summed E-state index contributed by atoms with van der Waals surface area (Å²) in [7, 11) is 1.48. The number of ether oxygens (including phenoxy) is 1. The third-order valence-electron chi connectivity index (χ3n) is 2.52. The predicted octanol–water partition coefficient (Wildman–Crippen LogP) is 2.07. The molecule has 0 radical (unpaired) electrons. The van der Waals surface area contributed by atoms with Crippen molar-refractivity contribution in [1.29, 1.82) is 0 Å². The number of hydrogen-bond acceptors (Lipinski definition) is 3. The summed E-state index contributed by atoms with van der Waals surface area (Å²) in [6, 6.07) is 6.45.